The molecule has 1 aliphatic carbocycles. The summed E-state index contributed by atoms with van der Waals surface area (Å²) in [6.07, 6.45) is 8.36. The van der Waals surface area contributed by atoms with E-state index in [2.05, 4.69) is 23.6 Å². The molecule has 2 atom stereocenters. The number of thioether (sulfide) groups is 1. The second-order valence-corrected chi connectivity index (χ2v) is 4.27. The first kappa shape index (κ1) is 8.63. The summed E-state index contributed by atoms with van der Waals surface area (Å²) in [5.74, 6) is -0.284. The molecular formula is C10H10O2S. The molecule has 2 nitrogen and oxygen atoms in total. The highest BCUT2D eigenvalue weighted by Crippen LogP contribution is 2.35. The smallest absolute Gasteiger partial charge is 0.307 e. The Morgan fingerprint density at radius 2 is 2.38 bits per heavy atom. The van der Waals surface area contributed by atoms with Gasteiger partial charge in [0.1, 0.15) is 0 Å². The Balaban J connectivity index is 2.08. The lowest BCUT2D eigenvalue weighted by Gasteiger charge is -2.16. The van der Waals surface area contributed by atoms with Crippen molar-refractivity contribution in [1.82, 2.24) is 0 Å². The standard InChI is InChI=1S/C10H10O2S/c11-10(12)6-7-1-2-8-3-4-13-9(8)5-7/h1-5,8-9H,6H2,(H,11,12). The van der Waals surface area contributed by atoms with Crippen molar-refractivity contribution in [2.24, 2.45) is 5.92 Å². The van der Waals surface area contributed by atoms with Gasteiger partial charge in [-0.1, -0.05) is 24.3 Å². The summed E-state index contributed by atoms with van der Waals surface area (Å²) in [7, 11) is 0. The summed E-state index contributed by atoms with van der Waals surface area (Å²) < 4.78 is 0. The fourth-order valence-electron chi connectivity index (χ4n) is 1.54. The second-order valence-electron chi connectivity index (χ2n) is 3.18. The normalized spacial score (nSPS) is 30.0. The minimum absolute atomic E-state index is 0.139. The monoisotopic (exact) mass is 194 g/mol. The predicted molar refractivity (Wildman–Crippen MR) is 53.5 cm³/mol. The number of aliphatic carboxylic acids is 1. The van der Waals surface area contributed by atoms with Gasteiger partial charge in [0.05, 0.1) is 6.42 Å². The molecule has 0 aromatic heterocycles. The van der Waals surface area contributed by atoms with Crippen LogP contribution in [0.2, 0.25) is 0 Å². The van der Waals surface area contributed by atoms with Gasteiger partial charge in [-0.05, 0) is 11.0 Å². The van der Waals surface area contributed by atoms with Crippen LogP contribution < -0.4 is 0 Å². The second kappa shape index (κ2) is 3.42. The maximum Gasteiger partial charge on any atom is 0.307 e. The minimum Gasteiger partial charge on any atom is -0.481 e. The zero-order valence-corrected chi connectivity index (χ0v) is 7.83. The summed E-state index contributed by atoms with van der Waals surface area (Å²) in [5, 5.41) is 11.1. The zero-order valence-electron chi connectivity index (χ0n) is 7.01. The van der Waals surface area contributed by atoms with Crippen molar-refractivity contribution in [3.05, 3.63) is 35.3 Å². The van der Waals surface area contributed by atoms with Crippen LogP contribution in [0.5, 0.6) is 0 Å². The van der Waals surface area contributed by atoms with Gasteiger partial charge in [0.2, 0.25) is 0 Å². The van der Waals surface area contributed by atoms with Crippen LogP contribution in [0.1, 0.15) is 6.42 Å². The van der Waals surface area contributed by atoms with Crippen LogP contribution in [-0.4, -0.2) is 16.3 Å². The van der Waals surface area contributed by atoms with E-state index in [1.165, 1.54) is 0 Å². The van der Waals surface area contributed by atoms with Crippen LogP contribution in [0.15, 0.2) is 35.3 Å². The van der Waals surface area contributed by atoms with Crippen molar-refractivity contribution in [3.8, 4) is 0 Å². The van der Waals surface area contributed by atoms with Crippen LogP contribution >= 0.6 is 11.8 Å². The Hall–Kier alpha value is -0.960. The molecule has 13 heavy (non-hydrogen) atoms. The van der Waals surface area contributed by atoms with Gasteiger partial charge in [-0.15, -0.1) is 11.8 Å². The Morgan fingerprint density at radius 3 is 3.15 bits per heavy atom. The molecule has 0 amide bonds. The number of hydrogen-bond acceptors (Lipinski definition) is 2. The Bertz CT molecular complexity index is 315. The summed E-state index contributed by atoms with van der Waals surface area (Å²) >= 11 is 1.76. The van der Waals surface area contributed by atoms with Crippen LogP contribution in [0.4, 0.5) is 0 Å². The van der Waals surface area contributed by atoms with Gasteiger partial charge in [0.25, 0.3) is 0 Å². The average Bonchev–Trinajstić information content (AvgIpc) is 2.49. The number of carboxylic acid groups (broad SMARTS) is 1. The van der Waals surface area contributed by atoms with Gasteiger partial charge < -0.3 is 5.11 Å². The Labute approximate surface area is 81.0 Å². The third kappa shape index (κ3) is 1.86. The van der Waals surface area contributed by atoms with E-state index in [1.54, 1.807) is 11.8 Å². The highest BCUT2D eigenvalue weighted by Gasteiger charge is 2.22. The molecule has 0 saturated carbocycles. The lowest BCUT2D eigenvalue weighted by Crippen LogP contribution is -2.11. The Morgan fingerprint density at radius 1 is 1.54 bits per heavy atom. The largest absolute Gasteiger partial charge is 0.481 e. The topological polar surface area (TPSA) is 37.3 Å². The SMILES string of the molecule is O=C(O)CC1=CC2SC=CC2C=C1. The third-order valence-corrected chi connectivity index (χ3v) is 3.26. The maximum atomic E-state index is 10.5. The van der Waals surface area contributed by atoms with Crippen LogP contribution in [0.3, 0.4) is 0 Å². The van der Waals surface area contributed by atoms with Crippen LogP contribution in [-0.2, 0) is 4.79 Å². The number of carboxylic acids is 1. The van der Waals surface area contributed by atoms with Crippen molar-refractivity contribution in [2.75, 3.05) is 0 Å². The average molecular weight is 194 g/mol. The van der Waals surface area contributed by atoms with Crippen molar-refractivity contribution < 1.29 is 9.90 Å². The molecule has 1 N–H and O–H groups in total. The molecule has 0 spiro atoms. The first-order valence-electron chi connectivity index (χ1n) is 4.18. The van der Waals surface area contributed by atoms with E-state index in [-0.39, 0.29) is 6.42 Å². The molecule has 1 aliphatic heterocycles. The van der Waals surface area contributed by atoms with Crippen molar-refractivity contribution in [1.29, 1.82) is 0 Å². The number of allylic oxidation sites excluding steroid dienone is 3. The van der Waals surface area contributed by atoms with Gasteiger partial charge in [0.15, 0.2) is 0 Å². The van der Waals surface area contributed by atoms with E-state index in [0.29, 0.717) is 11.2 Å². The minimum atomic E-state index is -0.759. The Kier molecular flexibility index (Phi) is 2.27. The molecule has 2 rings (SSSR count). The van der Waals surface area contributed by atoms with Gasteiger partial charge in [-0.2, -0.15) is 0 Å². The first-order valence-corrected chi connectivity index (χ1v) is 5.13. The summed E-state index contributed by atoms with van der Waals surface area (Å²) in [6, 6.07) is 0. The maximum absolute atomic E-state index is 10.5. The van der Waals surface area contributed by atoms with Gasteiger partial charge in [0, 0.05) is 11.2 Å². The molecule has 68 valence electrons. The predicted octanol–water partition coefficient (Wildman–Crippen LogP) is 2.20. The van der Waals surface area contributed by atoms with Gasteiger partial charge >= 0.3 is 5.97 Å². The molecule has 0 radical (unpaired) electrons. The molecule has 0 bridgehead atoms. The fourth-order valence-corrected chi connectivity index (χ4v) is 2.61. The number of rotatable bonds is 2. The fraction of sp³-hybridized carbons (Fsp3) is 0.300. The van der Waals surface area contributed by atoms with Crippen molar-refractivity contribution >= 4 is 17.7 Å². The molecule has 2 unspecified atom stereocenters. The highest BCUT2D eigenvalue weighted by molar-refractivity contribution is 8.03. The van der Waals surface area contributed by atoms with E-state index < -0.39 is 5.97 Å². The van der Waals surface area contributed by atoms with Crippen LogP contribution in [0, 0.1) is 5.92 Å². The molecule has 0 fully saturated rings. The third-order valence-electron chi connectivity index (χ3n) is 2.18. The number of fused-ring (bicyclic) bond motifs is 1. The summed E-state index contributed by atoms with van der Waals surface area (Å²) in [5.41, 5.74) is 0.921. The molecule has 0 saturated heterocycles. The number of hydrogen-bond donors (Lipinski definition) is 1. The lowest BCUT2D eigenvalue weighted by molar-refractivity contribution is -0.136. The van der Waals surface area contributed by atoms with Crippen molar-refractivity contribution in [3.63, 3.8) is 0 Å². The van der Waals surface area contributed by atoms with E-state index in [0.717, 1.165) is 5.57 Å². The molecule has 3 heteroatoms. The van der Waals surface area contributed by atoms with Crippen molar-refractivity contribution in [2.45, 2.75) is 11.7 Å². The quantitative estimate of drug-likeness (QED) is 0.732. The molecule has 0 aromatic rings. The lowest BCUT2D eigenvalue weighted by atomic mass is 9.95. The summed E-state index contributed by atoms with van der Waals surface area (Å²) in [4.78, 5) is 10.5. The molecule has 0 aromatic carbocycles. The van der Waals surface area contributed by atoms with Gasteiger partial charge in [-0.25, -0.2) is 0 Å². The summed E-state index contributed by atoms with van der Waals surface area (Å²) in [6.45, 7) is 0. The molecule has 1 heterocycles. The van der Waals surface area contributed by atoms with E-state index in [9.17, 15) is 4.79 Å². The van der Waals surface area contributed by atoms with Crippen LogP contribution in [0.25, 0.3) is 0 Å². The van der Waals surface area contributed by atoms with E-state index in [1.807, 2.05) is 6.08 Å². The van der Waals surface area contributed by atoms with Gasteiger partial charge in [-0.3, -0.25) is 4.79 Å². The van der Waals surface area contributed by atoms with E-state index in [4.69, 9.17) is 5.11 Å². The zero-order chi connectivity index (χ0) is 9.26. The number of carbonyl (C=O) groups is 1. The van der Waals surface area contributed by atoms with E-state index >= 15 is 0 Å². The highest BCUT2D eigenvalue weighted by atomic mass is 32.2. The molecular weight excluding hydrogens is 184 g/mol. The molecule has 2 aliphatic rings. The first-order chi connectivity index (χ1) is 6.25.